The molecule has 0 saturated carbocycles. The molecule has 3 atom stereocenters. The summed E-state index contributed by atoms with van der Waals surface area (Å²) in [5, 5.41) is 18.4. The summed E-state index contributed by atoms with van der Waals surface area (Å²) in [6, 6.07) is 17.7. The summed E-state index contributed by atoms with van der Waals surface area (Å²) < 4.78 is 17.2. The van der Waals surface area contributed by atoms with Crippen LogP contribution >= 0.6 is 0 Å². The highest BCUT2D eigenvalue weighted by molar-refractivity contribution is 6.04. The van der Waals surface area contributed by atoms with Crippen LogP contribution in [-0.2, 0) is 0 Å². The van der Waals surface area contributed by atoms with Crippen LogP contribution in [0.25, 0.3) is 0 Å². The number of aliphatic hydroxyl groups is 1. The van der Waals surface area contributed by atoms with Crippen LogP contribution in [0.15, 0.2) is 66.7 Å². The molecule has 0 aliphatic carbocycles. The van der Waals surface area contributed by atoms with Crippen LogP contribution in [-0.4, -0.2) is 78.6 Å². The number of likely N-dealkylation sites (N-methyl/N-ethyl adjacent to an activating group) is 1. The van der Waals surface area contributed by atoms with Crippen molar-refractivity contribution in [3.63, 3.8) is 0 Å². The van der Waals surface area contributed by atoms with E-state index in [4.69, 9.17) is 14.2 Å². The maximum atomic E-state index is 13.7. The number of aliphatic hydroxyl groups excluding tert-OH is 1. The number of amides is 5. The Morgan fingerprint density at radius 1 is 1.00 bits per heavy atom. The van der Waals surface area contributed by atoms with E-state index in [1.165, 1.54) is 4.90 Å². The summed E-state index contributed by atoms with van der Waals surface area (Å²) in [4.78, 5) is 42.9. The van der Waals surface area contributed by atoms with Gasteiger partial charge in [-0.25, -0.2) is 9.59 Å². The Labute approximate surface area is 249 Å². The summed E-state index contributed by atoms with van der Waals surface area (Å²) in [5.41, 5.74) is 1.67. The van der Waals surface area contributed by atoms with E-state index in [-0.39, 0.29) is 55.7 Å². The number of ether oxygens (including phenoxy) is 3. The van der Waals surface area contributed by atoms with Crippen molar-refractivity contribution in [2.24, 2.45) is 5.92 Å². The van der Waals surface area contributed by atoms with Gasteiger partial charge in [-0.05, 0) is 43.3 Å². The first-order valence-electron chi connectivity index (χ1n) is 14.0. The molecule has 43 heavy (non-hydrogen) atoms. The highest BCUT2D eigenvalue weighted by atomic mass is 16.7. The molecule has 0 spiro atoms. The highest BCUT2D eigenvalue weighted by Gasteiger charge is 2.35. The first kappa shape index (κ1) is 29.5. The zero-order valence-corrected chi connectivity index (χ0v) is 24.2. The fourth-order valence-electron chi connectivity index (χ4n) is 4.91. The van der Waals surface area contributed by atoms with E-state index in [2.05, 4.69) is 16.0 Å². The average molecular weight is 590 g/mol. The van der Waals surface area contributed by atoms with Gasteiger partial charge in [-0.1, -0.05) is 31.2 Å². The first-order chi connectivity index (χ1) is 20.7. The normalized spacial score (nSPS) is 18.0. The van der Waals surface area contributed by atoms with E-state index in [9.17, 15) is 19.5 Å². The van der Waals surface area contributed by atoms with E-state index >= 15 is 0 Å². The van der Waals surface area contributed by atoms with Crippen molar-refractivity contribution >= 4 is 35.0 Å². The maximum absolute atomic E-state index is 13.7. The van der Waals surface area contributed by atoms with E-state index in [1.54, 1.807) is 79.5 Å². The Bertz CT molecular complexity index is 1480. The monoisotopic (exact) mass is 589 g/mol. The fourth-order valence-corrected chi connectivity index (χ4v) is 4.91. The standard InChI is InChI=1S/C31H35N5O7/c1-19-15-36(20(2)17-37)29(38)23-10-7-11-24(34-30(39)32-21-8-5-4-6-9-21)28(23)43-27(19)16-35(3)31(40)33-22-12-13-25-26(14-22)42-18-41-25/h4-14,19-20,27,37H,15-18H2,1-3H3,(H,33,40)(H2,32,34,39)/t19-,20-,27+/m1/s1. The predicted molar refractivity (Wildman–Crippen MR) is 161 cm³/mol. The minimum absolute atomic E-state index is 0.129. The van der Waals surface area contributed by atoms with Gasteiger partial charge in [0, 0.05) is 37.0 Å². The second kappa shape index (κ2) is 12.9. The van der Waals surface area contributed by atoms with Crippen molar-refractivity contribution in [2.45, 2.75) is 26.0 Å². The molecule has 3 aromatic carbocycles. The number of hydrogen-bond acceptors (Lipinski definition) is 7. The highest BCUT2D eigenvalue weighted by Crippen LogP contribution is 2.36. The van der Waals surface area contributed by atoms with Crippen molar-refractivity contribution in [1.29, 1.82) is 0 Å². The maximum Gasteiger partial charge on any atom is 0.323 e. The van der Waals surface area contributed by atoms with Gasteiger partial charge >= 0.3 is 12.1 Å². The molecule has 4 N–H and O–H groups in total. The SMILES string of the molecule is C[C@@H]1CN([C@H](C)CO)C(=O)c2cccc(NC(=O)Nc3ccccc3)c2O[C@H]1CN(C)C(=O)Nc1ccc2c(c1)OCO2. The van der Waals surface area contributed by atoms with Crippen molar-refractivity contribution in [2.75, 3.05) is 49.5 Å². The molecule has 0 bridgehead atoms. The lowest BCUT2D eigenvalue weighted by atomic mass is 9.99. The molecule has 3 aromatic rings. The van der Waals surface area contributed by atoms with Crippen molar-refractivity contribution < 1.29 is 33.7 Å². The van der Waals surface area contributed by atoms with E-state index in [0.717, 1.165) is 0 Å². The molecule has 12 nitrogen and oxygen atoms in total. The van der Waals surface area contributed by atoms with Crippen LogP contribution in [0.2, 0.25) is 0 Å². The largest absolute Gasteiger partial charge is 0.485 e. The number of rotatable bonds is 7. The molecule has 2 heterocycles. The number of nitrogens with zero attached hydrogens (tertiary/aromatic N) is 2. The summed E-state index contributed by atoms with van der Waals surface area (Å²) in [7, 11) is 1.65. The molecule has 5 rings (SSSR count). The van der Waals surface area contributed by atoms with Crippen molar-refractivity contribution in [1.82, 2.24) is 9.80 Å². The Balaban J connectivity index is 1.39. The van der Waals surface area contributed by atoms with Crippen molar-refractivity contribution in [3.8, 4) is 17.2 Å². The van der Waals surface area contributed by atoms with E-state index in [1.807, 2.05) is 13.0 Å². The van der Waals surface area contributed by atoms with E-state index in [0.29, 0.717) is 28.6 Å². The van der Waals surface area contributed by atoms with Crippen molar-refractivity contribution in [3.05, 3.63) is 72.3 Å². The summed E-state index contributed by atoms with van der Waals surface area (Å²) >= 11 is 0. The van der Waals surface area contributed by atoms with Gasteiger partial charge in [-0.3, -0.25) is 4.79 Å². The number of anilines is 3. The van der Waals surface area contributed by atoms with Gasteiger partial charge in [0.2, 0.25) is 6.79 Å². The molecule has 0 fully saturated rings. The minimum atomic E-state index is -0.576. The Morgan fingerprint density at radius 2 is 1.77 bits per heavy atom. The molecule has 5 amide bonds. The summed E-state index contributed by atoms with van der Waals surface area (Å²) in [5.74, 6) is 0.765. The second-order valence-electron chi connectivity index (χ2n) is 10.6. The molecule has 0 unspecified atom stereocenters. The molecule has 2 aliphatic heterocycles. The number of para-hydroxylation sites is 2. The lowest BCUT2D eigenvalue weighted by Gasteiger charge is -2.38. The third kappa shape index (κ3) is 6.75. The molecule has 226 valence electrons. The van der Waals surface area contributed by atoms with Crippen LogP contribution in [0.1, 0.15) is 24.2 Å². The van der Waals surface area contributed by atoms with E-state index < -0.39 is 18.2 Å². The van der Waals surface area contributed by atoms with Crippen LogP contribution in [0.3, 0.4) is 0 Å². The summed E-state index contributed by atoms with van der Waals surface area (Å²) in [6.45, 7) is 4.04. The number of urea groups is 2. The molecule has 12 heteroatoms. The zero-order valence-electron chi connectivity index (χ0n) is 24.2. The zero-order chi connectivity index (χ0) is 30.5. The predicted octanol–water partition coefficient (Wildman–Crippen LogP) is 4.44. The van der Waals surface area contributed by atoms with Gasteiger partial charge < -0.3 is 45.1 Å². The molecule has 0 aromatic heterocycles. The van der Waals surface area contributed by atoms with Gasteiger partial charge in [-0.15, -0.1) is 0 Å². The molecule has 2 aliphatic rings. The first-order valence-corrected chi connectivity index (χ1v) is 14.0. The summed E-state index contributed by atoms with van der Waals surface area (Å²) in [6.07, 6.45) is -0.576. The third-order valence-electron chi connectivity index (χ3n) is 7.40. The molecular weight excluding hydrogens is 554 g/mol. The number of hydrogen-bond donors (Lipinski definition) is 4. The smallest absolute Gasteiger partial charge is 0.323 e. The Morgan fingerprint density at radius 3 is 2.53 bits per heavy atom. The number of nitrogens with one attached hydrogen (secondary N) is 3. The van der Waals surface area contributed by atoms with Gasteiger partial charge in [0.15, 0.2) is 17.2 Å². The van der Waals surface area contributed by atoms with Crippen LogP contribution < -0.4 is 30.2 Å². The molecular formula is C31H35N5O7. The van der Waals surface area contributed by atoms with Crippen LogP contribution in [0.5, 0.6) is 17.2 Å². The lowest BCUT2D eigenvalue weighted by molar-refractivity contribution is 0.0373. The number of carbonyl (C=O) groups is 3. The van der Waals surface area contributed by atoms with Gasteiger partial charge in [0.25, 0.3) is 5.91 Å². The fraction of sp³-hybridized carbons (Fsp3) is 0.323. The average Bonchev–Trinajstić information content (AvgIpc) is 3.47. The molecule has 0 radical (unpaired) electrons. The van der Waals surface area contributed by atoms with Gasteiger partial charge in [0.1, 0.15) is 6.10 Å². The Hall–Kier alpha value is -4.97. The number of carbonyl (C=O) groups excluding carboxylic acids is 3. The number of benzene rings is 3. The van der Waals surface area contributed by atoms with Gasteiger partial charge in [0.05, 0.1) is 30.4 Å². The number of fused-ring (bicyclic) bond motifs is 2. The molecule has 0 saturated heterocycles. The minimum Gasteiger partial charge on any atom is -0.485 e. The topological polar surface area (TPSA) is 142 Å². The van der Waals surface area contributed by atoms with Gasteiger partial charge in [-0.2, -0.15) is 0 Å². The third-order valence-corrected chi connectivity index (χ3v) is 7.40. The van der Waals surface area contributed by atoms with Crippen LogP contribution in [0.4, 0.5) is 26.7 Å². The quantitative estimate of drug-likeness (QED) is 0.319. The Kier molecular flexibility index (Phi) is 8.86. The second-order valence-corrected chi connectivity index (χ2v) is 10.6. The van der Waals surface area contributed by atoms with Crippen LogP contribution in [0, 0.1) is 5.92 Å². The lowest BCUT2D eigenvalue weighted by Crippen LogP contribution is -2.50.